The van der Waals surface area contributed by atoms with Crippen LogP contribution in [0.15, 0.2) is 47.9 Å². The van der Waals surface area contributed by atoms with Crippen molar-refractivity contribution in [2.24, 2.45) is 0 Å². The minimum atomic E-state index is -3.61. The number of aryl methyl sites for hydroxylation is 1. The van der Waals surface area contributed by atoms with Gasteiger partial charge < -0.3 is 5.32 Å². The van der Waals surface area contributed by atoms with E-state index < -0.39 is 10.0 Å². The quantitative estimate of drug-likeness (QED) is 0.584. The molecule has 0 spiro atoms. The summed E-state index contributed by atoms with van der Waals surface area (Å²) in [6.45, 7) is 4.44. The molecule has 3 rings (SSSR count). The molecule has 0 aliphatic rings. The normalized spacial score (nSPS) is 11.5. The lowest BCUT2D eigenvalue weighted by molar-refractivity contribution is 0.583. The number of sulfonamides is 1. The summed E-state index contributed by atoms with van der Waals surface area (Å²) in [6, 6.07) is 7.90. The second kappa shape index (κ2) is 8.03. The van der Waals surface area contributed by atoms with Crippen LogP contribution in [-0.2, 0) is 10.0 Å². The number of benzene rings is 1. The number of halogens is 1. The van der Waals surface area contributed by atoms with Crippen molar-refractivity contribution in [1.82, 2.24) is 24.2 Å². The Labute approximate surface area is 162 Å². The van der Waals surface area contributed by atoms with Crippen LogP contribution in [0.25, 0.3) is 5.82 Å². The van der Waals surface area contributed by atoms with Gasteiger partial charge in [0.2, 0.25) is 10.0 Å². The van der Waals surface area contributed by atoms with E-state index in [4.69, 9.17) is 11.6 Å². The van der Waals surface area contributed by atoms with E-state index in [9.17, 15) is 8.42 Å². The van der Waals surface area contributed by atoms with Gasteiger partial charge >= 0.3 is 0 Å². The maximum absolute atomic E-state index is 12.2. The van der Waals surface area contributed by atoms with E-state index in [1.54, 1.807) is 24.5 Å². The second-order valence-corrected chi connectivity index (χ2v) is 8.03. The molecule has 0 amide bonds. The second-order valence-electron chi connectivity index (χ2n) is 5.83. The lowest BCUT2D eigenvalue weighted by Crippen LogP contribution is -2.29. The maximum atomic E-state index is 12.2. The molecule has 0 aliphatic heterocycles. The van der Waals surface area contributed by atoms with Gasteiger partial charge in [-0.1, -0.05) is 17.7 Å². The fourth-order valence-electron chi connectivity index (χ4n) is 2.40. The van der Waals surface area contributed by atoms with Crippen molar-refractivity contribution in [3.63, 3.8) is 0 Å². The van der Waals surface area contributed by atoms with Crippen LogP contribution < -0.4 is 10.0 Å². The van der Waals surface area contributed by atoms with E-state index in [0.717, 1.165) is 11.4 Å². The smallest absolute Gasteiger partial charge is 0.240 e. The molecule has 0 unspecified atom stereocenters. The third-order valence-electron chi connectivity index (χ3n) is 3.98. The lowest BCUT2D eigenvalue weighted by atomic mass is 10.4. The molecular weight excluding hydrogens is 388 g/mol. The fourth-order valence-corrected chi connectivity index (χ4v) is 3.73. The zero-order valence-electron chi connectivity index (χ0n) is 14.8. The number of rotatable bonds is 7. The molecule has 2 N–H and O–H groups in total. The van der Waals surface area contributed by atoms with Crippen LogP contribution in [0.2, 0.25) is 5.02 Å². The van der Waals surface area contributed by atoms with E-state index in [2.05, 4.69) is 25.0 Å². The summed E-state index contributed by atoms with van der Waals surface area (Å²) in [4.78, 5) is 12.8. The van der Waals surface area contributed by atoms with Gasteiger partial charge in [-0.15, -0.1) is 0 Å². The molecule has 3 aromatic rings. The van der Waals surface area contributed by atoms with E-state index in [1.807, 2.05) is 18.4 Å². The summed E-state index contributed by atoms with van der Waals surface area (Å²) >= 11 is 5.84. The first-order valence-electron chi connectivity index (χ1n) is 8.19. The van der Waals surface area contributed by atoms with Crippen molar-refractivity contribution in [2.75, 3.05) is 18.4 Å². The Morgan fingerprint density at radius 3 is 2.63 bits per heavy atom. The minimum Gasteiger partial charge on any atom is -0.369 e. The van der Waals surface area contributed by atoms with Crippen LogP contribution in [0.1, 0.15) is 11.4 Å². The van der Waals surface area contributed by atoms with Crippen LogP contribution in [0, 0.1) is 13.8 Å². The molecule has 10 heteroatoms. The number of nitrogens with zero attached hydrogens (tertiary/aromatic N) is 4. The number of aromatic nitrogens is 4. The van der Waals surface area contributed by atoms with Gasteiger partial charge in [0.15, 0.2) is 0 Å². The van der Waals surface area contributed by atoms with Crippen LogP contribution in [0.3, 0.4) is 0 Å². The van der Waals surface area contributed by atoms with Crippen molar-refractivity contribution in [3.05, 3.63) is 59.4 Å². The summed E-state index contributed by atoms with van der Waals surface area (Å²) in [6.07, 6.45) is 3.15. The summed E-state index contributed by atoms with van der Waals surface area (Å²) in [5, 5.41) is 3.45. The van der Waals surface area contributed by atoms with E-state index >= 15 is 0 Å². The van der Waals surface area contributed by atoms with Gasteiger partial charge in [0.25, 0.3) is 0 Å². The Kier molecular flexibility index (Phi) is 5.73. The Morgan fingerprint density at radius 1 is 1.11 bits per heavy atom. The molecule has 2 aromatic heterocycles. The van der Waals surface area contributed by atoms with Gasteiger partial charge in [-0.3, -0.25) is 4.57 Å². The number of imidazole rings is 1. The predicted octanol–water partition coefficient (Wildman–Crippen LogP) is 2.32. The number of nitrogens with one attached hydrogen (secondary N) is 2. The molecule has 0 atom stereocenters. The molecule has 142 valence electrons. The van der Waals surface area contributed by atoms with Crippen LogP contribution in [-0.4, -0.2) is 41.0 Å². The van der Waals surface area contributed by atoms with Crippen LogP contribution in [0.5, 0.6) is 0 Å². The highest BCUT2D eigenvalue weighted by Gasteiger charge is 2.13. The Bertz CT molecular complexity index is 1050. The van der Waals surface area contributed by atoms with E-state index in [1.165, 1.54) is 18.5 Å². The lowest BCUT2D eigenvalue weighted by Gasteiger charge is -2.10. The topological polar surface area (TPSA) is 102 Å². The van der Waals surface area contributed by atoms with Gasteiger partial charge in [0, 0.05) is 29.9 Å². The van der Waals surface area contributed by atoms with Gasteiger partial charge in [0.1, 0.15) is 24.3 Å². The minimum absolute atomic E-state index is 0.130. The van der Waals surface area contributed by atoms with Gasteiger partial charge in [0.05, 0.1) is 10.6 Å². The number of hydrogen-bond acceptors (Lipinski definition) is 6. The van der Waals surface area contributed by atoms with Crippen molar-refractivity contribution < 1.29 is 8.42 Å². The van der Waals surface area contributed by atoms with Gasteiger partial charge in [-0.25, -0.2) is 28.1 Å². The Hall–Kier alpha value is -2.49. The first-order valence-corrected chi connectivity index (χ1v) is 10.0. The standard InChI is InChI=1S/C17H19ClN6O2S/c1-12-13(2)24(11-22-12)17-9-16(20-10-21-17)19-6-7-23-27(25,26)15-5-3-4-14(18)8-15/h3-5,8-11,23H,6-7H2,1-2H3,(H,19,20,21). The predicted molar refractivity (Wildman–Crippen MR) is 104 cm³/mol. The third kappa shape index (κ3) is 4.62. The SMILES string of the molecule is Cc1ncn(-c2cc(NCCNS(=O)(=O)c3cccc(Cl)c3)ncn2)c1C. The fraction of sp³-hybridized carbons (Fsp3) is 0.235. The first kappa shape index (κ1) is 19.3. The van der Waals surface area contributed by atoms with Crippen molar-refractivity contribution >= 4 is 27.4 Å². The highest BCUT2D eigenvalue weighted by molar-refractivity contribution is 7.89. The average molecular weight is 407 g/mol. The molecular formula is C17H19ClN6O2S. The van der Waals surface area contributed by atoms with Crippen LogP contribution in [0.4, 0.5) is 5.82 Å². The molecule has 0 bridgehead atoms. The largest absolute Gasteiger partial charge is 0.369 e. The molecule has 0 saturated carbocycles. The molecule has 1 aromatic carbocycles. The zero-order valence-corrected chi connectivity index (χ0v) is 16.4. The van der Waals surface area contributed by atoms with Crippen molar-refractivity contribution in [3.8, 4) is 5.82 Å². The van der Waals surface area contributed by atoms with Crippen molar-refractivity contribution in [1.29, 1.82) is 0 Å². The molecule has 27 heavy (non-hydrogen) atoms. The number of hydrogen-bond donors (Lipinski definition) is 2. The monoisotopic (exact) mass is 406 g/mol. The summed E-state index contributed by atoms with van der Waals surface area (Å²) in [5.74, 6) is 1.28. The molecule has 2 heterocycles. The zero-order chi connectivity index (χ0) is 19.4. The first-order chi connectivity index (χ1) is 12.9. The highest BCUT2D eigenvalue weighted by Crippen LogP contribution is 2.15. The van der Waals surface area contributed by atoms with Gasteiger partial charge in [-0.05, 0) is 32.0 Å². The van der Waals surface area contributed by atoms with E-state index in [-0.39, 0.29) is 11.4 Å². The van der Waals surface area contributed by atoms with Crippen molar-refractivity contribution in [2.45, 2.75) is 18.7 Å². The van der Waals surface area contributed by atoms with Gasteiger partial charge in [-0.2, -0.15) is 0 Å². The maximum Gasteiger partial charge on any atom is 0.240 e. The molecule has 0 aliphatic carbocycles. The molecule has 0 fully saturated rings. The average Bonchev–Trinajstić information content (AvgIpc) is 2.98. The summed E-state index contributed by atoms with van der Waals surface area (Å²) < 4.78 is 28.9. The Morgan fingerprint density at radius 2 is 1.93 bits per heavy atom. The highest BCUT2D eigenvalue weighted by atomic mass is 35.5. The molecule has 8 nitrogen and oxygen atoms in total. The molecule has 0 saturated heterocycles. The van der Waals surface area contributed by atoms with E-state index in [0.29, 0.717) is 23.2 Å². The third-order valence-corrected chi connectivity index (χ3v) is 5.67. The van der Waals surface area contributed by atoms with Crippen LogP contribution >= 0.6 is 11.6 Å². The summed E-state index contributed by atoms with van der Waals surface area (Å²) in [5.41, 5.74) is 1.92. The molecule has 0 radical (unpaired) electrons. The summed E-state index contributed by atoms with van der Waals surface area (Å²) in [7, 11) is -3.61. The number of anilines is 1. The Balaban J connectivity index is 1.60.